The first-order valence-electron chi connectivity index (χ1n) is 7.17. The van der Waals surface area contributed by atoms with Gasteiger partial charge in [0.1, 0.15) is 0 Å². The lowest BCUT2D eigenvalue weighted by molar-refractivity contribution is 0.116. The molecular weight excluding hydrogens is 246 g/mol. The Labute approximate surface area is 116 Å². The van der Waals surface area contributed by atoms with Crippen LogP contribution in [0.2, 0.25) is 0 Å². The molecule has 0 radical (unpaired) electrons. The fourth-order valence-corrected chi connectivity index (χ4v) is 3.15. The molecule has 1 heterocycles. The van der Waals surface area contributed by atoms with Gasteiger partial charge in [-0.2, -0.15) is 11.8 Å². The lowest BCUT2D eigenvalue weighted by Gasteiger charge is -2.26. The van der Waals surface area contributed by atoms with Gasteiger partial charge in [-0.15, -0.1) is 0 Å². The average molecular weight is 275 g/mol. The van der Waals surface area contributed by atoms with Gasteiger partial charge >= 0.3 is 0 Å². The fourth-order valence-electron chi connectivity index (χ4n) is 2.18. The van der Waals surface area contributed by atoms with E-state index in [9.17, 15) is 5.11 Å². The second kappa shape index (κ2) is 10.0. The van der Waals surface area contributed by atoms with Crippen LogP contribution in [-0.2, 0) is 0 Å². The van der Waals surface area contributed by atoms with Crippen LogP contribution in [-0.4, -0.2) is 84.9 Å². The van der Waals surface area contributed by atoms with E-state index < -0.39 is 0 Å². The van der Waals surface area contributed by atoms with Crippen molar-refractivity contribution < 1.29 is 5.11 Å². The van der Waals surface area contributed by atoms with Gasteiger partial charge in [-0.05, 0) is 13.1 Å². The lowest BCUT2D eigenvalue weighted by atomic mass is 10.3. The first-order chi connectivity index (χ1) is 8.76. The van der Waals surface area contributed by atoms with Crippen molar-refractivity contribution in [3.05, 3.63) is 0 Å². The first kappa shape index (κ1) is 16.2. The Morgan fingerprint density at radius 1 is 1.28 bits per heavy atom. The predicted molar refractivity (Wildman–Crippen MR) is 80.4 cm³/mol. The van der Waals surface area contributed by atoms with E-state index in [4.69, 9.17) is 0 Å². The molecule has 108 valence electrons. The van der Waals surface area contributed by atoms with Gasteiger partial charge in [-0.25, -0.2) is 0 Å². The maximum Gasteiger partial charge on any atom is 0.0791 e. The van der Waals surface area contributed by atoms with Crippen molar-refractivity contribution >= 4 is 11.8 Å². The molecule has 1 unspecified atom stereocenters. The van der Waals surface area contributed by atoms with Gasteiger partial charge in [0.25, 0.3) is 0 Å². The largest absolute Gasteiger partial charge is 0.390 e. The summed E-state index contributed by atoms with van der Waals surface area (Å²) in [7, 11) is 0. The summed E-state index contributed by atoms with van der Waals surface area (Å²) in [5.74, 6) is 2.54. The third-order valence-corrected chi connectivity index (χ3v) is 4.39. The molecule has 0 aliphatic carbocycles. The van der Waals surface area contributed by atoms with Crippen molar-refractivity contribution in [1.82, 2.24) is 15.1 Å². The second-order valence-electron chi connectivity index (χ2n) is 4.80. The molecule has 0 aromatic heterocycles. The number of thioether (sulfide) groups is 1. The van der Waals surface area contributed by atoms with Crippen molar-refractivity contribution in [2.75, 3.05) is 63.9 Å². The lowest BCUT2D eigenvalue weighted by Crippen LogP contribution is -2.42. The summed E-state index contributed by atoms with van der Waals surface area (Å²) >= 11 is 2.05. The minimum absolute atomic E-state index is 0.248. The first-order valence-corrected chi connectivity index (χ1v) is 8.33. The summed E-state index contributed by atoms with van der Waals surface area (Å²) in [5, 5.41) is 13.3. The van der Waals surface area contributed by atoms with E-state index >= 15 is 0 Å². The van der Waals surface area contributed by atoms with E-state index in [-0.39, 0.29) is 6.10 Å². The zero-order valence-electron chi connectivity index (χ0n) is 11.9. The normalized spacial score (nSPS) is 19.3. The van der Waals surface area contributed by atoms with E-state index in [1.165, 1.54) is 24.6 Å². The van der Waals surface area contributed by atoms with E-state index in [0.717, 1.165) is 32.7 Å². The molecule has 2 N–H and O–H groups in total. The Balaban J connectivity index is 1.99. The number of aliphatic hydroxyl groups is 1. The van der Waals surface area contributed by atoms with Crippen molar-refractivity contribution in [2.45, 2.75) is 20.0 Å². The third-order valence-electron chi connectivity index (χ3n) is 3.45. The van der Waals surface area contributed by atoms with Gasteiger partial charge < -0.3 is 20.2 Å². The minimum Gasteiger partial charge on any atom is -0.390 e. The van der Waals surface area contributed by atoms with Crippen LogP contribution in [0.4, 0.5) is 0 Å². The maximum atomic E-state index is 9.90. The smallest absolute Gasteiger partial charge is 0.0791 e. The van der Waals surface area contributed by atoms with E-state index in [2.05, 4.69) is 29.0 Å². The molecule has 1 aliphatic rings. The molecule has 0 amide bonds. The topological polar surface area (TPSA) is 38.7 Å². The monoisotopic (exact) mass is 275 g/mol. The summed E-state index contributed by atoms with van der Waals surface area (Å²) in [4.78, 5) is 4.76. The number of likely N-dealkylation sites (N-methyl/N-ethyl adjacent to an activating group) is 1. The summed E-state index contributed by atoms with van der Waals surface area (Å²) < 4.78 is 0. The maximum absolute atomic E-state index is 9.90. The van der Waals surface area contributed by atoms with Gasteiger partial charge in [-0.3, -0.25) is 0 Å². The van der Waals surface area contributed by atoms with E-state index in [1.54, 1.807) is 0 Å². The van der Waals surface area contributed by atoms with Crippen LogP contribution < -0.4 is 5.32 Å². The van der Waals surface area contributed by atoms with Crippen LogP contribution in [0.15, 0.2) is 0 Å². The zero-order chi connectivity index (χ0) is 13.2. The molecule has 5 heteroatoms. The molecule has 4 nitrogen and oxygen atoms in total. The van der Waals surface area contributed by atoms with Crippen molar-refractivity contribution in [2.24, 2.45) is 0 Å². The molecule has 1 atom stereocenters. The van der Waals surface area contributed by atoms with Gasteiger partial charge in [-0.1, -0.05) is 13.8 Å². The minimum atomic E-state index is -0.248. The van der Waals surface area contributed by atoms with Gasteiger partial charge in [0.05, 0.1) is 6.10 Å². The summed E-state index contributed by atoms with van der Waals surface area (Å²) in [6.07, 6.45) is -0.248. The SMILES string of the molecule is CCN(CC)CC(O)CNCCN1CCSCC1. The molecule has 0 bridgehead atoms. The van der Waals surface area contributed by atoms with Crippen LogP contribution in [0, 0.1) is 0 Å². The van der Waals surface area contributed by atoms with Crippen LogP contribution in [0.3, 0.4) is 0 Å². The third kappa shape index (κ3) is 6.95. The number of hydrogen-bond donors (Lipinski definition) is 2. The Bertz CT molecular complexity index is 197. The van der Waals surface area contributed by atoms with Crippen LogP contribution >= 0.6 is 11.8 Å². The predicted octanol–water partition coefficient (Wildman–Crippen LogP) is 0.328. The van der Waals surface area contributed by atoms with E-state index in [0.29, 0.717) is 6.54 Å². The van der Waals surface area contributed by atoms with Crippen LogP contribution in [0.25, 0.3) is 0 Å². The van der Waals surface area contributed by atoms with Crippen molar-refractivity contribution in [1.29, 1.82) is 0 Å². The molecule has 0 spiro atoms. The molecule has 0 aromatic rings. The molecule has 1 rings (SSSR count). The average Bonchev–Trinajstić information content (AvgIpc) is 2.42. The highest BCUT2D eigenvalue weighted by atomic mass is 32.2. The van der Waals surface area contributed by atoms with Crippen molar-refractivity contribution in [3.8, 4) is 0 Å². The molecule has 0 saturated carbocycles. The molecule has 1 saturated heterocycles. The zero-order valence-corrected chi connectivity index (χ0v) is 12.7. The fraction of sp³-hybridized carbons (Fsp3) is 1.00. The van der Waals surface area contributed by atoms with Gasteiger partial charge in [0, 0.05) is 50.8 Å². The molecule has 18 heavy (non-hydrogen) atoms. The highest BCUT2D eigenvalue weighted by molar-refractivity contribution is 7.99. The van der Waals surface area contributed by atoms with E-state index in [1.807, 2.05) is 11.8 Å². The molecule has 1 fully saturated rings. The number of aliphatic hydroxyl groups excluding tert-OH is 1. The van der Waals surface area contributed by atoms with Gasteiger partial charge in [0.2, 0.25) is 0 Å². The second-order valence-corrected chi connectivity index (χ2v) is 6.02. The quantitative estimate of drug-likeness (QED) is 0.593. The summed E-state index contributed by atoms with van der Waals surface area (Å²) in [5.41, 5.74) is 0. The molecule has 0 aromatic carbocycles. The Hall–Kier alpha value is 0.190. The standard InChI is InChI=1S/C13H29N3OS/c1-3-15(4-2)12-13(17)11-14-5-6-16-7-9-18-10-8-16/h13-14,17H,3-12H2,1-2H3. The molecular formula is C13H29N3OS. The Morgan fingerprint density at radius 2 is 1.94 bits per heavy atom. The van der Waals surface area contributed by atoms with Gasteiger partial charge in [0.15, 0.2) is 0 Å². The summed E-state index contributed by atoms with van der Waals surface area (Å²) in [6, 6.07) is 0. The number of nitrogens with one attached hydrogen (secondary N) is 1. The van der Waals surface area contributed by atoms with Crippen molar-refractivity contribution in [3.63, 3.8) is 0 Å². The number of nitrogens with zero attached hydrogens (tertiary/aromatic N) is 2. The highest BCUT2D eigenvalue weighted by Gasteiger charge is 2.11. The Kier molecular flexibility index (Phi) is 9.06. The summed E-state index contributed by atoms with van der Waals surface area (Å²) in [6.45, 7) is 12.3. The Morgan fingerprint density at radius 3 is 2.56 bits per heavy atom. The highest BCUT2D eigenvalue weighted by Crippen LogP contribution is 2.07. The van der Waals surface area contributed by atoms with Crippen LogP contribution in [0.5, 0.6) is 0 Å². The van der Waals surface area contributed by atoms with Crippen LogP contribution in [0.1, 0.15) is 13.8 Å². The number of rotatable bonds is 9. The molecule has 1 aliphatic heterocycles. The number of hydrogen-bond acceptors (Lipinski definition) is 5.